The Labute approximate surface area is 419 Å². The van der Waals surface area contributed by atoms with Crippen molar-refractivity contribution in [1.82, 2.24) is 10.6 Å². The van der Waals surface area contributed by atoms with Gasteiger partial charge in [-0.1, -0.05) is 112 Å². The molecule has 402 valence electrons. The van der Waals surface area contributed by atoms with E-state index in [-0.39, 0.29) is 31.6 Å². The Hall–Kier alpha value is -3.44. The number of hydrogen-bond donors (Lipinski definition) is 12. The number of amides is 1. The Morgan fingerprint density at radius 1 is 0.577 bits per heavy atom. The number of cyclic esters (lactones) is 1. The van der Waals surface area contributed by atoms with Gasteiger partial charge in [0.2, 0.25) is 5.91 Å². The summed E-state index contributed by atoms with van der Waals surface area (Å²) in [5.74, 6) is -5.39. The van der Waals surface area contributed by atoms with Gasteiger partial charge in [-0.25, -0.2) is 0 Å². The summed E-state index contributed by atoms with van der Waals surface area (Å²) in [4.78, 5) is 26.5. The van der Waals surface area contributed by atoms with Gasteiger partial charge in [0.15, 0.2) is 12.1 Å². The van der Waals surface area contributed by atoms with Gasteiger partial charge in [-0.05, 0) is 52.5 Å². The average molecular weight is 1010 g/mol. The summed E-state index contributed by atoms with van der Waals surface area (Å²) < 4.78 is 24.2. The quantitative estimate of drug-likeness (QED) is 0.154. The van der Waals surface area contributed by atoms with E-state index in [0.717, 1.165) is 19.3 Å². The number of ether oxygens (including phenoxy) is 4. The first-order valence-electron chi connectivity index (χ1n) is 25.5. The lowest BCUT2D eigenvalue weighted by atomic mass is 9.82. The van der Waals surface area contributed by atoms with Crippen LogP contribution >= 0.6 is 0 Å². The molecule has 3 saturated heterocycles. The van der Waals surface area contributed by atoms with Crippen LogP contribution in [0.5, 0.6) is 0 Å². The van der Waals surface area contributed by atoms with Crippen LogP contribution in [0.3, 0.4) is 0 Å². The van der Waals surface area contributed by atoms with E-state index in [1.54, 1.807) is 51.2 Å². The monoisotopic (exact) mass is 1000 g/mol. The Balaban J connectivity index is 1.61. The zero-order valence-corrected chi connectivity index (χ0v) is 41.8. The van der Waals surface area contributed by atoms with E-state index in [0.29, 0.717) is 19.5 Å². The van der Waals surface area contributed by atoms with Crippen LogP contribution in [0.1, 0.15) is 105 Å². The first kappa shape index (κ1) is 60.1. The van der Waals surface area contributed by atoms with Crippen LogP contribution in [0.4, 0.5) is 0 Å². The maximum atomic E-state index is 13.9. The zero-order valence-electron chi connectivity index (χ0n) is 41.8. The topological polar surface area (TPSA) is 297 Å². The van der Waals surface area contributed by atoms with Crippen molar-refractivity contribution in [3.8, 4) is 0 Å². The normalized spacial score (nSPS) is 41.4. The molecule has 0 saturated carbocycles. The highest BCUT2D eigenvalue weighted by molar-refractivity contribution is 5.80. The molecule has 4 rings (SSSR count). The summed E-state index contributed by atoms with van der Waals surface area (Å²) in [5.41, 5.74) is 0. The Kier molecular flexibility index (Phi) is 26.0. The predicted molar refractivity (Wildman–Crippen MR) is 265 cm³/mol. The lowest BCUT2D eigenvalue weighted by Gasteiger charge is -2.46. The number of aliphatic hydroxyl groups is 10. The molecule has 4 aliphatic heterocycles. The van der Waals surface area contributed by atoms with Crippen molar-refractivity contribution >= 4 is 11.9 Å². The molecule has 18 nitrogen and oxygen atoms in total. The summed E-state index contributed by atoms with van der Waals surface area (Å²) in [7, 11) is 0. The van der Waals surface area contributed by atoms with Crippen molar-refractivity contribution in [1.29, 1.82) is 0 Å². The number of carbonyl (C=O) groups excluding carboxylic acids is 2. The van der Waals surface area contributed by atoms with Gasteiger partial charge in [0, 0.05) is 44.1 Å². The summed E-state index contributed by atoms with van der Waals surface area (Å²) in [6.07, 6.45) is 9.04. The maximum absolute atomic E-state index is 13.9. The summed E-state index contributed by atoms with van der Waals surface area (Å²) >= 11 is 0. The molecule has 0 aromatic heterocycles. The fraction of sp³-hybridized carbons (Fsp3) is 0.698. The molecule has 19 atom stereocenters. The van der Waals surface area contributed by atoms with Gasteiger partial charge in [-0.2, -0.15) is 0 Å². The number of nitrogens with one attached hydrogen (secondary N) is 2. The van der Waals surface area contributed by atoms with Gasteiger partial charge in [0.25, 0.3) is 0 Å². The Bertz CT molecular complexity index is 1810. The van der Waals surface area contributed by atoms with E-state index >= 15 is 0 Å². The number of aliphatic hydroxyl groups excluding tert-OH is 9. The van der Waals surface area contributed by atoms with Crippen molar-refractivity contribution < 1.29 is 79.6 Å². The molecule has 0 spiro atoms. The van der Waals surface area contributed by atoms with Crippen molar-refractivity contribution in [3.05, 3.63) is 85.1 Å². The summed E-state index contributed by atoms with van der Waals surface area (Å²) in [6.45, 7) is 7.75. The molecule has 71 heavy (non-hydrogen) atoms. The van der Waals surface area contributed by atoms with E-state index in [1.807, 2.05) is 61.6 Å². The third kappa shape index (κ3) is 20.4. The van der Waals surface area contributed by atoms with Crippen LogP contribution in [0.15, 0.2) is 85.1 Å². The van der Waals surface area contributed by atoms with Gasteiger partial charge >= 0.3 is 5.97 Å². The third-order valence-electron chi connectivity index (χ3n) is 13.8. The number of carbonyl (C=O) groups is 2. The second kappa shape index (κ2) is 30.7. The molecule has 0 unspecified atom stereocenters. The van der Waals surface area contributed by atoms with E-state index in [2.05, 4.69) is 10.6 Å². The zero-order chi connectivity index (χ0) is 52.1. The smallest absolute Gasteiger partial charge is 0.308 e. The standard InChI is InChI=1S/C53H84N2O16/c1-33-21-17-13-11-9-7-5-6-8-10-12-14-18-22-40-30-44-46(51(66)55-26-20-16-15-19-25-54-47-49(64)36(4)69-52(70-40)50(47)65)43(61)32-53(67,71-44)31-39(58)28-42(60)41(59)24-23-37(56)27-38(57)29-45(62)68-35(3)34(2)48(33)63/h5-14,17-18,21-22,33-44,46-50,52,54,56-61,63-65,67H,15-16,19-20,23-32H2,1-4H3,(H,55,66)/t33-,34-,35-,36+,37+,38+,39-,40-,41+,42+,43-,44-,46+,47-,48+,49+,50-,52-,53+/m0/s1. The van der Waals surface area contributed by atoms with E-state index in [4.69, 9.17) is 18.9 Å². The fourth-order valence-corrected chi connectivity index (χ4v) is 9.40. The van der Waals surface area contributed by atoms with Crippen LogP contribution in [-0.2, 0) is 28.5 Å². The molecule has 5 bridgehead atoms. The minimum Gasteiger partial charge on any atom is -0.462 e. The highest BCUT2D eigenvalue weighted by atomic mass is 16.7. The van der Waals surface area contributed by atoms with Crippen LogP contribution in [0, 0.1) is 17.8 Å². The first-order chi connectivity index (χ1) is 33.8. The minimum absolute atomic E-state index is 0.0812. The molecule has 0 aromatic rings. The van der Waals surface area contributed by atoms with Crippen LogP contribution in [0.2, 0.25) is 0 Å². The van der Waals surface area contributed by atoms with Crippen LogP contribution < -0.4 is 10.6 Å². The summed E-state index contributed by atoms with van der Waals surface area (Å²) in [5, 5.41) is 117. The lowest BCUT2D eigenvalue weighted by Crippen LogP contribution is -2.63. The molecular formula is C53H84N2O16. The van der Waals surface area contributed by atoms with Gasteiger partial charge in [0.1, 0.15) is 12.2 Å². The second-order valence-corrected chi connectivity index (χ2v) is 19.8. The number of hydrogen-bond acceptors (Lipinski definition) is 17. The van der Waals surface area contributed by atoms with Crippen LogP contribution in [-0.4, -0.2) is 174 Å². The van der Waals surface area contributed by atoms with Gasteiger partial charge in [0.05, 0.1) is 85.5 Å². The van der Waals surface area contributed by atoms with Crippen molar-refractivity contribution in [2.24, 2.45) is 17.8 Å². The predicted octanol–water partition coefficient (Wildman–Crippen LogP) is 1.95. The number of rotatable bonds is 0. The van der Waals surface area contributed by atoms with E-state index in [9.17, 15) is 60.7 Å². The molecule has 1 amide bonds. The van der Waals surface area contributed by atoms with E-state index < -0.39 is 147 Å². The van der Waals surface area contributed by atoms with Crippen molar-refractivity contribution in [2.75, 3.05) is 13.1 Å². The minimum atomic E-state index is -2.23. The number of allylic oxidation sites excluding steroid dienone is 12. The SMILES string of the molecule is C[C@@H]1[C@H](O)[C@@H](C)C=CC=CC=CC=CC=CC=CC=C[C@H]2C[C@@H]3O[C@](O)(C[C@@H](O)C[C@@H](O)[C@H](O)CC[C@@H](O)C[C@@H](O)CC(=O)O[C@H]1C)C[C@H](O)[C@H]3C(=O)NCCCCCCN[C@@H]1[C@H](O)[C@H](O2)O[C@H](C)[C@H]1O. The van der Waals surface area contributed by atoms with Crippen molar-refractivity contribution in [2.45, 2.75) is 202 Å². The second-order valence-electron chi connectivity index (χ2n) is 19.8. The third-order valence-corrected chi connectivity index (χ3v) is 13.8. The van der Waals surface area contributed by atoms with Gasteiger partial charge < -0.3 is 80.6 Å². The molecule has 12 N–H and O–H groups in total. The molecule has 3 fully saturated rings. The fourth-order valence-electron chi connectivity index (χ4n) is 9.40. The van der Waals surface area contributed by atoms with E-state index in [1.165, 1.54) is 0 Å². The van der Waals surface area contributed by atoms with Crippen molar-refractivity contribution in [3.63, 3.8) is 0 Å². The Morgan fingerprint density at radius 2 is 1.18 bits per heavy atom. The molecule has 0 radical (unpaired) electrons. The van der Waals surface area contributed by atoms with Gasteiger partial charge in [-0.15, -0.1) is 0 Å². The molecule has 0 aromatic carbocycles. The number of fused-ring (bicyclic) bond motifs is 4. The molecule has 4 heterocycles. The van der Waals surface area contributed by atoms with Crippen LogP contribution in [0.25, 0.3) is 0 Å². The maximum Gasteiger partial charge on any atom is 0.308 e. The molecule has 18 heteroatoms. The number of esters is 1. The largest absolute Gasteiger partial charge is 0.462 e. The average Bonchev–Trinajstić information content (AvgIpc) is 3.29. The molecule has 0 aliphatic carbocycles. The highest BCUT2D eigenvalue weighted by Crippen LogP contribution is 2.38. The Morgan fingerprint density at radius 3 is 1.83 bits per heavy atom. The van der Waals surface area contributed by atoms with Gasteiger partial charge in [-0.3, -0.25) is 9.59 Å². The summed E-state index contributed by atoms with van der Waals surface area (Å²) in [6, 6.07) is -0.787. The first-order valence-corrected chi connectivity index (χ1v) is 25.5. The molecular weight excluding hydrogens is 921 g/mol. The highest BCUT2D eigenvalue weighted by Gasteiger charge is 2.51. The lowest BCUT2D eigenvalue weighted by molar-refractivity contribution is -0.308. The molecule has 4 aliphatic rings.